The summed E-state index contributed by atoms with van der Waals surface area (Å²) in [4.78, 5) is 0. The molecule has 14 heavy (non-hydrogen) atoms. The Balaban J connectivity index is 4.79. The van der Waals surface area contributed by atoms with Crippen LogP contribution < -0.4 is 0 Å². The molecule has 0 radical (unpaired) electrons. The molecule has 2 nitrogen and oxygen atoms in total. The van der Waals surface area contributed by atoms with E-state index in [1.165, 1.54) is 31.6 Å². The molecular weight excluding hydrogens is 188 g/mol. The van der Waals surface area contributed by atoms with E-state index in [2.05, 4.69) is 50.9 Å². The highest BCUT2D eigenvalue weighted by atomic mass is 28.3. The Bertz CT molecular complexity index is 146. The van der Waals surface area contributed by atoms with Crippen molar-refractivity contribution in [3.8, 4) is 0 Å². The van der Waals surface area contributed by atoms with E-state index in [1.807, 2.05) is 0 Å². The first-order valence-electron chi connectivity index (χ1n) is 6.01. The van der Waals surface area contributed by atoms with Crippen LogP contribution in [0.1, 0.15) is 34.1 Å². The van der Waals surface area contributed by atoms with Crippen LogP contribution in [-0.4, -0.2) is 44.7 Å². The summed E-state index contributed by atoms with van der Waals surface area (Å²) in [6.45, 7) is 11.7. The number of rotatable bonds is 7. The summed E-state index contributed by atoms with van der Waals surface area (Å²) in [6.07, 6.45) is 1.31. The van der Waals surface area contributed by atoms with Gasteiger partial charge in [-0.25, -0.2) is 0 Å². The lowest BCUT2D eigenvalue weighted by Gasteiger charge is -2.45. The van der Waals surface area contributed by atoms with Crippen LogP contribution >= 0.6 is 0 Å². The van der Waals surface area contributed by atoms with Gasteiger partial charge in [0.25, 0.3) is 0 Å². The van der Waals surface area contributed by atoms with Crippen molar-refractivity contribution in [2.24, 2.45) is 0 Å². The van der Waals surface area contributed by atoms with Crippen molar-refractivity contribution < 1.29 is 0 Å². The molecule has 1 atom stereocenters. The topological polar surface area (TPSA) is 6.48 Å². The van der Waals surface area contributed by atoms with Gasteiger partial charge in [-0.15, -0.1) is 0 Å². The first-order chi connectivity index (χ1) is 6.58. The number of nitrogens with zero attached hydrogens (tertiary/aromatic N) is 2. The molecule has 0 rings (SSSR count). The van der Waals surface area contributed by atoms with E-state index in [1.54, 1.807) is 0 Å². The molecule has 0 bridgehead atoms. The maximum atomic E-state index is 2.72. The van der Waals surface area contributed by atoms with Crippen LogP contribution in [0.15, 0.2) is 0 Å². The van der Waals surface area contributed by atoms with Gasteiger partial charge in [0.05, 0.1) is 0 Å². The molecule has 0 aliphatic rings. The van der Waals surface area contributed by atoms with Gasteiger partial charge in [-0.05, 0) is 39.3 Å². The summed E-state index contributed by atoms with van der Waals surface area (Å²) in [5.74, 6) is 0. The van der Waals surface area contributed by atoms with Gasteiger partial charge in [0, 0.05) is 0 Å². The minimum atomic E-state index is -1.31. The van der Waals surface area contributed by atoms with Gasteiger partial charge >= 0.3 is 0 Å². The first-order valence-corrected chi connectivity index (χ1v) is 8.32. The molecule has 0 aliphatic heterocycles. The SMILES string of the molecule is CCC[Si](CC)(N(C)C)N(CC)CC. The average molecular weight is 216 g/mol. The highest BCUT2D eigenvalue weighted by Crippen LogP contribution is 2.24. The second-order valence-corrected chi connectivity index (χ2v) is 8.85. The predicted octanol–water partition coefficient (Wildman–Crippen LogP) is 2.76. The fourth-order valence-corrected chi connectivity index (χ4v) is 7.33. The van der Waals surface area contributed by atoms with Crippen LogP contribution in [0.25, 0.3) is 0 Å². The average Bonchev–Trinajstić information content (AvgIpc) is 2.17. The van der Waals surface area contributed by atoms with Gasteiger partial charge in [0.15, 0.2) is 0 Å². The predicted molar refractivity (Wildman–Crippen MR) is 67.9 cm³/mol. The van der Waals surface area contributed by atoms with E-state index in [4.69, 9.17) is 0 Å². The molecule has 0 aromatic rings. The second kappa shape index (κ2) is 6.59. The zero-order chi connectivity index (χ0) is 11.2. The van der Waals surface area contributed by atoms with E-state index < -0.39 is 8.40 Å². The van der Waals surface area contributed by atoms with Gasteiger partial charge in [-0.2, -0.15) is 0 Å². The lowest BCUT2D eigenvalue weighted by Crippen LogP contribution is -2.62. The Kier molecular flexibility index (Phi) is 6.65. The molecular formula is C11H28N2Si. The smallest absolute Gasteiger partial charge is 0.206 e. The Morgan fingerprint density at radius 2 is 1.43 bits per heavy atom. The quantitative estimate of drug-likeness (QED) is 0.604. The van der Waals surface area contributed by atoms with Crippen molar-refractivity contribution in [2.45, 2.75) is 46.2 Å². The van der Waals surface area contributed by atoms with Crippen LogP contribution in [0.4, 0.5) is 0 Å². The minimum absolute atomic E-state index is 1.20. The molecule has 3 heteroatoms. The molecule has 0 saturated heterocycles. The summed E-state index contributed by atoms with van der Waals surface area (Å²) in [5, 5.41) is 0. The molecule has 0 saturated carbocycles. The zero-order valence-electron chi connectivity index (χ0n) is 10.9. The normalized spacial score (nSPS) is 16.3. The minimum Gasteiger partial charge on any atom is -0.317 e. The molecule has 0 aromatic heterocycles. The second-order valence-electron chi connectivity index (χ2n) is 4.15. The monoisotopic (exact) mass is 216 g/mol. The van der Waals surface area contributed by atoms with E-state index in [9.17, 15) is 0 Å². The maximum Gasteiger partial charge on any atom is 0.206 e. The van der Waals surface area contributed by atoms with Crippen molar-refractivity contribution in [1.82, 2.24) is 9.13 Å². The highest BCUT2D eigenvalue weighted by molar-refractivity contribution is 6.74. The van der Waals surface area contributed by atoms with Crippen molar-refractivity contribution >= 4 is 8.40 Å². The third-order valence-corrected chi connectivity index (χ3v) is 9.31. The molecule has 0 amide bonds. The number of hydrogen-bond acceptors (Lipinski definition) is 2. The van der Waals surface area contributed by atoms with Gasteiger partial charge < -0.3 is 9.13 Å². The molecule has 0 aromatic carbocycles. The zero-order valence-corrected chi connectivity index (χ0v) is 11.9. The molecule has 0 heterocycles. The number of hydrogen-bond donors (Lipinski definition) is 0. The Labute approximate surface area is 91.4 Å². The largest absolute Gasteiger partial charge is 0.317 e. The summed E-state index contributed by atoms with van der Waals surface area (Å²) < 4.78 is 5.25. The van der Waals surface area contributed by atoms with Gasteiger partial charge in [0.1, 0.15) is 0 Å². The lowest BCUT2D eigenvalue weighted by atomic mass is 10.6. The molecule has 0 spiro atoms. The van der Waals surface area contributed by atoms with E-state index in [0.717, 1.165) is 0 Å². The van der Waals surface area contributed by atoms with Gasteiger partial charge in [0.2, 0.25) is 8.40 Å². The van der Waals surface area contributed by atoms with Crippen molar-refractivity contribution in [1.29, 1.82) is 0 Å². The van der Waals surface area contributed by atoms with Crippen molar-refractivity contribution in [3.63, 3.8) is 0 Å². The van der Waals surface area contributed by atoms with Crippen molar-refractivity contribution in [2.75, 3.05) is 27.2 Å². The Morgan fingerprint density at radius 1 is 0.929 bits per heavy atom. The van der Waals surface area contributed by atoms with Crippen LogP contribution in [0.3, 0.4) is 0 Å². The van der Waals surface area contributed by atoms with Crippen LogP contribution in [0.5, 0.6) is 0 Å². The van der Waals surface area contributed by atoms with Crippen molar-refractivity contribution in [3.05, 3.63) is 0 Å². The lowest BCUT2D eigenvalue weighted by molar-refractivity contribution is 0.392. The highest BCUT2D eigenvalue weighted by Gasteiger charge is 2.38. The van der Waals surface area contributed by atoms with E-state index >= 15 is 0 Å². The molecule has 86 valence electrons. The third kappa shape index (κ3) is 2.81. The molecule has 0 aliphatic carbocycles. The van der Waals surface area contributed by atoms with E-state index in [-0.39, 0.29) is 0 Å². The fraction of sp³-hybridized carbons (Fsp3) is 1.00. The Hall–Kier alpha value is 0.137. The van der Waals surface area contributed by atoms with Crippen LogP contribution in [0, 0.1) is 0 Å². The molecule has 1 unspecified atom stereocenters. The summed E-state index contributed by atoms with van der Waals surface area (Å²) in [5.41, 5.74) is 0. The summed E-state index contributed by atoms with van der Waals surface area (Å²) in [6, 6.07) is 2.74. The molecule has 0 fully saturated rings. The molecule has 0 N–H and O–H groups in total. The van der Waals surface area contributed by atoms with Gasteiger partial charge in [-0.1, -0.05) is 34.1 Å². The standard InChI is InChI=1S/C11H28N2Si/c1-7-11-14(10-4,12(5)6)13(8-2)9-3/h7-11H2,1-6H3. The third-order valence-electron chi connectivity index (χ3n) is 3.40. The summed E-state index contributed by atoms with van der Waals surface area (Å²) in [7, 11) is 3.23. The van der Waals surface area contributed by atoms with Crippen LogP contribution in [-0.2, 0) is 0 Å². The fourth-order valence-electron chi connectivity index (χ4n) is 2.59. The first kappa shape index (κ1) is 14.1. The Morgan fingerprint density at radius 3 is 1.64 bits per heavy atom. The van der Waals surface area contributed by atoms with Crippen LogP contribution in [0.2, 0.25) is 12.1 Å². The van der Waals surface area contributed by atoms with E-state index in [0.29, 0.717) is 0 Å². The van der Waals surface area contributed by atoms with Gasteiger partial charge in [-0.3, -0.25) is 0 Å². The maximum absolute atomic E-state index is 2.72. The summed E-state index contributed by atoms with van der Waals surface area (Å²) >= 11 is 0.